The Kier molecular flexibility index (Phi) is 7.51. The van der Waals surface area contributed by atoms with Crippen molar-refractivity contribution in [3.05, 3.63) is 63.6 Å². The molecular weight excluding hydrogens is 387 g/mol. The molecule has 1 unspecified atom stereocenters. The molecule has 0 aliphatic carbocycles. The first-order chi connectivity index (χ1) is 12.8. The van der Waals surface area contributed by atoms with Gasteiger partial charge in [-0.2, -0.15) is 0 Å². The third-order valence-electron chi connectivity index (χ3n) is 4.13. The Hall–Kier alpha value is -2.24. The molecule has 2 aromatic rings. The molecular formula is C20H22Cl2N2O3. The molecule has 0 saturated heterocycles. The Morgan fingerprint density at radius 3 is 2.37 bits per heavy atom. The van der Waals surface area contributed by atoms with E-state index in [-0.39, 0.29) is 25.0 Å². The molecule has 0 saturated carbocycles. The fraction of sp³-hybridized carbons (Fsp3) is 0.300. The van der Waals surface area contributed by atoms with Gasteiger partial charge in [-0.25, -0.2) is 0 Å². The Labute approximate surface area is 169 Å². The van der Waals surface area contributed by atoms with E-state index in [0.29, 0.717) is 15.8 Å². The summed E-state index contributed by atoms with van der Waals surface area (Å²) in [6, 6.07) is 11.9. The Morgan fingerprint density at radius 2 is 1.78 bits per heavy atom. The minimum Gasteiger partial charge on any atom is -0.484 e. The van der Waals surface area contributed by atoms with Crippen LogP contribution in [0.25, 0.3) is 0 Å². The normalized spacial score (nSPS) is 11.6. The molecule has 0 bridgehead atoms. The lowest BCUT2D eigenvalue weighted by Gasteiger charge is -2.28. The van der Waals surface area contributed by atoms with E-state index in [1.807, 2.05) is 19.1 Å². The molecule has 2 rings (SSSR count). The van der Waals surface area contributed by atoms with E-state index in [2.05, 4.69) is 5.32 Å². The van der Waals surface area contributed by atoms with Crippen LogP contribution in [0.1, 0.15) is 18.1 Å². The second-order valence-corrected chi connectivity index (χ2v) is 6.98. The Morgan fingerprint density at radius 1 is 1.11 bits per heavy atom. The van der Waals surface area contributed by atoms with E-state index in [0.717, 1.165) is 11.1 Å². The zero-order chi connectivity index (χ0) is 20.0. The second-order valence-electron chi connectivity index (χ2n) is 6.16. The number of amides is 2. The second kappa shape index (κ2) is 9.62. The first kappa shape index (κ1) is 21.1. The van der Waals surface area contributed by atoms with Gasteiger partial charge < -0.3 is 15.0 Å². The Balaban J connectivity index is 2.14. The number of rotatable bonds is 7. The summed E-state index contributed by atoms with van der Waals surface area (Å²) >= 11 is 12.0. The minimum atomic E-state index is -0.668. The molecule has 7 heteroatoms. The van der Waals surface area contributed by atoms with Crippen molar-refractivity contribution in [2.45, 2.75) is 26.4 Å². The number of likely N-dealkylation sites (N-methyl/N-ethyl adjacent to an activating group) is 1. The van der Waals surface area contributed by atoms with Gasteiger partial charge in [-0.1, -0.05) is 47.0 Å². The Bertz CT molecular complexity index is 809. The van der Waals surface area contributed by atoms with Gasteiger partial charge >= 0.3 is 0 Å². The molecule has 1 atom stereocenters. The first-order valence-electron chi connectivity index (χ1n) is 8.46. The highest BCUT2D eigenvalue weighted by Gasteiger charge is 2.26. The van der Waals surface area contributed by atoms with Crippen molar-refractivity contribution in [3.63, 3.8) is 0 Å². The topological polar surface area (TPSA) is 58.6 Å². The summed E-state index contributed by atoms with van der Waals surface area (Å²) in [4.78, 5) is 26.3. The number of nitrogens with zero attached hydrogens (tertiary/aromatic N) is 1. The van der Waals surface area contributed by atoms with Crippen molar-refractivity contribution in [2.24, 2.45) is 0 Å². The molecule has 0 radical (unpaired) electrons. The van der Waals surface area contributed by atoms with Gasteiger partial charge in [0, 0.05) is 13.6 Å². The molecule has 2 amide bonds. The first-order valence-corrected chi connectivity index (χ1v) is 9.22. The van der Waals surface area contributed by atoms with Crippen LogP contribution in [0.4, 0.5) is 0 Å². The van der Waals surface area contributed by atoms with Crippen molar-refractivity contribution in [3.8, 4) is 5.75 Å². The zero-order valence-corrected chi connectivity index (χ0v) is 17.0. The summed E-state index contributed by atoms with van der Waals surface area (Å²) in [5.74, 6) is 0.0209. The molecule has 5 nitrogen and oxygen atoms in total. The maximum absolute atomic E-state index is 12.8. The summed E-state index contributed by atoms with van der Waals surface area (Å²) in [6.45, 7) is 3.67. The predicted octanol–water partition coefficient (Wildman–Crippen LogP) is 3.84. The lowest BCUT2D eigenvalue weighted by molar-refractivity contribution is -0.142. The van der Waals surface area contributed by atoms with Gasteiger partial charge in [-0.15, -0.1) is 0 Å². The maximum Gasteiger partial charge on any atom is 0.261 e. The summed E-state index contributed by atoms with van der Waals surface area (Å²) in [7, 11) is 1.53. The van der Waals surface area contributed by atoms with Gasteiger partial charge in [0.2, 0.25) is 5.91 Å². The fourth-order valence-electron chi connectivity index (χ4n) is 2.49. The number of hydrogen-bond donors (Lipinski definition) is 1. The molecule has 1 N–H and O–H groups in total. The molecule has 2 aromatic carbocycles. The molecule has 0 aromatic heterocycles. The highest BCUT2D eigenvalue weighted by atomic mass is 35.5. The van der Waals surface area contributed by atoms with E-state index in [4.69, 9.17) is 27.9 Å². The predicted molar refractivity (Wildman–Crippen MR) is 107 cm³/mol. The van der Waals surface area contributed by atoms with E-state index in [9.17, 15) is 9.59 Å². The molecule has 0 heterocycles. The molecule has 144 valence electrons. The van der Waals surface area contributed by atoms with Gasteiger partial charge in [0.05, 0.1) is 10.0 Å². The molecule has 0 fully saturated rings. The largest absolute Gasteiger partial charge is 0.484 e. The SMILES string of the molecule is CNC(=O)C(C)N(Cc1ccc(Cl)c(Cl)c1)C(=O)COc1ccc(C)cc1. The summed E-state index contributed by atoms with van der Waals surface area (Å²) in [5, 5.41) is 3.39. The monoisotopic (exact) mass is 408 g/mol. The zero-order valence-electron chi connectivity index (χ0n) is 15.5. The average molecular weight is 409 g/mol. The number of halogens is 2. The number of hydrogen-bond acceptors (Lipinski definition) is 3. The van der Waals surface area contributed by atoms with E-state index in [1.54, 1.807) is 37.3 Å². The average Bonchev–Trinajstić information content (AvgIpc) is 2.67. The standard InChI is InChI=1S/C20H22Cl2N2O3/c1-13-4-7-16(8-5-13)27-12-19(25)24(14(2)20(26)23-3)11-15-6-9-17(21)18(22)10-15/h4-10,14H,11-12H2,1-3H3,(H,23,26). The minimum absolute atomic E-state index is 0.175. The van der Waals surface area contributed by atoms with Gasteiger partial charge in [0.25, 0.3) is 5.91 Å². The number of carbonyl (C=O) groups is 2. The highest BCUT2D eigenvalue weighted by molar-refractivity contribution is 6.42. The van der Waals surface area contributed by atoms with Crippen molar-refractivity contribution in [2.75, 3.05) is 13.7 Å². The summed E-state index contributed by atoms with van der Waals surface area (Å²) in [6.07, 6.45) is 0. The van der Waals surface area contributed by atoms with Crippen LogP contribution in [0.3, 0.4) is 0 Å². The van der Waals surface area contributed by atoms with Crippen molar-refractivity contribution in [1.29, 1.82) is 0 Å². The van der Waals surface area contributed by atoms with E-state index in [1.165, 1.54) is 11.9 Å². The van der Waals surface area contributed by atoms with E-state index >= 15 is 0 Å². The quantitative estimate of drug-likeness (QED) is 0.756. The third kappa shape index (κ3) is 5.88. The molecule has 0 aliphatic rings. The number of benzene rings is 2. The van der Waals surface area contributed by atoms with Crippen LogP contribution in [-0.4, -0.2) is 36.4 Å². The van der Waals surface area contributed by atoms with Gasteiger partial charge in [-0.3, -0.25) is 9.59 Å². The van der Waals surface area contributed by atoms with Crippen LogP contribution in [0.2, 0.25) is 10.0 Å². The van der Waals surface area contributed by atoms with Crippen molar-refractivity contribution >= 4 is 35.0 Å². The molecule has 0 aliphatic heterocycles. The highest BCUT2D eigenvalue weighted by Crippen LogP contribution is 2.24. The van der Waals surface area contributed by atoms with Crippen LogP contribution in [0.5, 0.6) is 5.75 Å². The van der Waals surface area contributed by atoms with E-state index < -0.39 is 6.04 Å². The number of aryl methyl sites for hydroxylation is 1. The van der Waals surface area contributed by atoms with Crippen LogP contribution in [-0.2, 0) is 16.1 Å². The van der Waals surface area contributed by atoms with Gasteiger partial charge in [0.1, 0.15) is 11.8 Å². The summed E-state index contributed by atoms with van der Waals surface area (Å²) < 4.78 is 5.58. The smallest absolute Gasteiger partial charge is 0.261 e. The molecule has 0 spiro atoms. The molecule has 27 heavy (non-hydrogen) atoms. The number of nitrogens with one attached hydrogen (secondary N) is 1. The van der Waals surface area contributed by atoms with Crippen LogP contribution in [0.15, 0.2) is 42.5 Å². The van der Waals surface area contributed by atoms with Crippen LogP contribution in [0, 0.1) is 6.92 Å². The van der Waals surface area contributed by atoms with Crippen molar-refractivity contribution < 1.29 is 14.3 Å². The van der Waals surface area contributed by atoms with Gasteiger partial charge in [-0.05, 0) is 43.7 Å². The van der Waals surface area contributed by atoms with Crippen LogP contribution >= 0.6 is 23.2 Å². The van der Waals surface area contributed by atoms with Gasteiger partial charge in [0.15, 0.2) is 6.61 Å². The van der Waals surface area contributed by atoms with Crippen LogP contribution < -0.4 is 10.1 Å². The number of carbonyl (C=O) groups excluding carboxylic acids is 2. The number of ether oxygens (including phenoxy) is 1. The fourth-order valence-corrected chi connectivity index (χ4v) is 2.81. The lowest BCUT2D eigenvalue weighted by atomic mass is 10.1. The summed E-state index contributed by atoms with van der Waals surface area (Å²) in [5.41, 5.74) is 1.87. The third-order valence-corrected chi connectivity index (χ3v) is 4.87. The lowest BCUT2D eigenvalue weighted by Crippen LogP contribution is -2.48. The maximum atomic E-state index is 12.8. The van der Waals surface area contributed by atoms with Crippen molar-refractivity contribution in [1.82, 2.24) is 10.2 Å².